The number of sulfonamides is 1. The van der Waals surface area contributed by atoms with Gasteiger partial charge in [0.15, 0.2) is 0 Å². The molecule has 0 aliphatic rings. The number of para-hydroxylation sites is 1. The third kappa shape index (κ3) is 4.07. The lowest BCUT2D eigenvalue weighted by molar-refractivity contribution is 0.336. The summed E-state index contributed by atoms with van der Waals surface area (Å²) >= 11 is 1.46. The van der Waals surface area contributed by atoms with Crippen LogP contribution in [0.2, 0.25) is 0 Å². The Labute approximate surface area is 163 Å². The van der Waals surface area contributed by atoms with Gasteiger partial charge in [0.1, 0.15) is 10.6 Å². The number of aromatic amines is 1. The average Bonchev–Trinajstić information content (AvgIpc) is 3.17. The highest BCUT2D eigenvalue weighted by Crippen LogP contribution is 2.38. The summed E-state index contributed by atoms with van der Waals surface area (Å²) in [6.07, 6.45) is 0. The van der Waals surface area contributed by atoms with Crippen LogP contribution in [0.3, 0.4) is 0 Å². The molecule has 1 aromatic carbocycles. The number of nitrogens with one attached hydrogen (secondary N) is 2. The van der Waals surface area contributed by atoms with Crippen LogP contribution in [-0.4, -0.2) is 25.2 Å². The van der Waals surface area contributed by atoms with E-state index in [0.717, 1.165) is 21.0 Å². The molecule has 0 radical (unpaired) electrons. The van der Waals surface area contributed by atoms with E-state index in [1.807, 2.05) is 58.0 Å². The Morgan fingerprint density at radius 1 is 1.19 bits per heavy atom. The summed E-state index contributed by atoms with van der Waals surface area (Å²) in [7, 11) is -3.72. The molecule has 3 aromatic rings. The van der Waals surface area contributed by atoms with Crippen molar-refractivity contribution in [1.29, 1.82) is 0 Å². The van der Waals surface area contributed by atoms with Gasteiger partial charge in [-0.05, 0) is 39.8 Å². The van der Waals surface area contributed by atoms with E-state index in [0.29, 0.717) is 28.5 Å². The zero-order valence-electron chi connectivity index (χ0n) is 15.8. The van der Waals surface area contributed by atoms with Gasteiger partial charge in [-0.1, -0.05) is 18.2 Å². The lowest BCUT2D eigenvalue weighted by Crippen LogP contribution is -2.24. The number of aromatic nitrogens is 2. The molecule has 0 aliphatic heterocycles. The standard InChI is InChI=1S/C19H23N3O3S2/c1-5-25-17-9-7-6-8-15(17)11-20-27(23,24)19-14(4)26-13(3)18(19)16-10-12(2)21-22-16/h6-10,20H,5,11H2,1-4H3,(H,21,22). The number of hydrogen-bond donors (Lipinski definition) is 2. The van der Waals surface area contributed by atoms with E-state index in [1.54, 1.807) is 0 Å². The number of benzene rings is 1. The number of nitrogens with zero attached hydrogens (tertiary/aromatic N) is 1. The van der Waals surface area contributed by atoms with Crippen LogP contribution in [0.15, 0.2) is 35.2 Å². The summed E-state index contributed by atoms with van der Waals surface area (Å²) in [6, 6.07) is 9.29. The monoisotopic (exact) mass is 405 g/mol. The molecule has 0 unspecified atom stereocenters. The minimum atomic E-state index is -3.72. The minimum Gasteiger partial charge on any atom is -0.494 e. The fourth-order valence-corrected chi connectivity index (χ4v) is 5.90. The Kier molecular flexibility index (Phi) is 5.69. The molecule has 27 heavy (non-hydrogen) atoms. The normalized spacial score (nSPS) is 11.7. The van der Waals surface area contributed by atoms with E-state index in [2.05, 4.69) is 14.9 Å². The van der Waals surface area contributed by atoms with Crippen LogP contribution in [0.5, 0.6) is 5.75 Å². The van der Waals surface area contributed by atoms with Crippen LogP contribution < -0.4 is 9.46 Å². The van der Waals surface area contributed by atoms with E-state index in [1.165, 1.54) is 11.3 Å². The van der Waals surface area contributed by atoms with Gasteiger partial charge in [0.05, 0.1) is 12.3 Å². The van der Waals surface area contributed by atoms with E-state index >= 15 is 0 Å². The molecule has 0 bridgehead atoms. The second kappa shape index (κ2) is 7.84. The Bertz CT molecular complexity index is 1050. The number of rotatable bonds is 7. The van der Waals surface area contributed by atoms with Crippen molar-refractivity contribution >= 4 is 21.4 Å². The highest BCUT2D eigenvalue weighted by atomic mass is 32.2. The first-order chi connectivity index (χ1) is 12.8. The quantitative estimate of drug-likeness (QED) is 0.624. The first-order valence-electron chi connectivity index (χ1n) is 8.66. The van der Waals surface area contributed by atoms with Crippen molar-refractivity contribution in [1.82, 2.24) is 14.9 Å². The second-order valence-electron chi connectivity index (χ2n) is 6.22. The van der Waals surface area contributed by atoms with Gasteiger partial charge in [-0.2, -0.15) is 5.10 Å². The summed E-state index contributed by atoms with van der Waals surface area (Å²) in [5.41, 5.74) is 2.98. The topological polar surface area (TPSA) is 84.1 Å². The van der Waals surface area contributed by atoms with Gasteiger partial charge in [-0.3, -0.25) is 5.10 Å². The minimum absolute atomic E-state index is 0.159. The van der Waals surface area contributed by atoms with Crippen LogP contribution in [0.1, 0.15) is 27.9 Å². The molecule has 2 N–H and O–H groups in total. The summed E-state index contributed by atoms with van der Waals surface area (Å²) in [6.45, 7) is 8.21. The predicted molar refractivity (Wildman–Crippen MR) is 108 cm³/mol. The molecule has 144 valence electrons. The summed E-state index contributed by atoms with van der Waals surface area (Å²) < 4.78 is 34.6. The van der Waals surface area contributed by atoms with Gasteiger partial charge in [-0.15, -0.1) is 11.3 Å². The van der Waals surface area contributed by atoms with Crippen LogP contribution in [0.25, 0.3) is 11.3 Å². The zero-order valence-corrected chi connectivity index (χ0v) is 17.4. The molecular weight excluding hydrogens is 382 g/mol. The third-order valence-corrected chi connectivity index (χ3v) is 6.88. The molecule has 0 amide bonds. The van der Waals surface area contributed by atoms with Crippen LogP contribution in [-0.2, 0) is 16.6 Å². The van der Waals surface area contributed by atoms with Gasteiger partial charge < -0.3 is 4.74 Å². The maximum atomic E-state index is 13.1. The molecular formula is C19H23N3O3S2. The van der Waals surface area contributed by atoms with Gasteiger partial charge >= 0.3 is 0 Å². The second-order valence-corrected chi connectivity index (χ2v) is 9.35. The van der Waals surface area contributed by atoms with Crippen molar-refractivity contribution in [3.05, 3.63) is 51.3 Å². The highest BCUT2D eigenvalue weighted by molar-refractivity contribution is 7.89. The van der Waals surface area contributed by atoms with Gasteiger partial charge in [0, 0.05) is 33.1 Å². The van der Waals surface area contributed by atoms with Gasteiger partial charge in [0.2, 0.25) is 10.0 Å². The summed E-state index contributed by atoms with van der Waals surface area (Å²) in [4.78, 5) is 1.97. The smallest absolute Gasteiger partial charge is 0.242 e. The van der Waals surface area contributed by atoms with Crippen molar-refractivity contribution in [2.45, 2.75) is 39.1 Å². The molecule has 0 fully saturated rings. The lowest BCUT2D eigenvalue weighted by Gasteiger charge is -2.12. The number of aryl methyl sites for hydroxylation is 3. The van der Waals surface area contributed by atoms with E-state index in [-0.39, 0.29) is 6.54 Å². The summed E-state index contributed by atoms with van der Waals surface area (Å²) in [5, 5.41) is 7.15. The van der Waals surface area contributed by atoms with Crippen LogP contribution in [0.4, 0.5) is 0 Å². The van der Waals surface area contributed by atoms with Gasteiger partial charge in [-0.25, -0.2) is 13.1 Å². The fraction of sp³-hybridized carbons (Fsp3) is 0.316. The van der Waals surface area contributed by atoms with Crippen molar-refractivity contribution in [2.75, 3.05) is 6.61 Å². The van der Waals surface area contributed by atoms with Crippen molar-refractivity contribution in [3.63, 3.8) is 0 Å². The van der Waals surface area contributed by atoms with E-state index < -0.39 is 10.0 Å². The first-order valence-corrected chi connectivity index (χ1v) is 11.0. The fourth-order valence-electron chi connectivity index (χ4n) is 3.02. The molecule has 0 saturated carbocycles. The number of thiophene rings is 1. The highest BCUT2D eigenvalue weighted by Gasteiger charge is 2.27. The molecule has 6 nitrogen and oxygen atoms in total. The lowest BCUT2D eigenvalue weighted by atomic mass is 10.2. The Hall–Kier alpha value is -2.16. The predicted octanol–water partition coefficient (Wildman–Crippen LogP) is 3.94. The molecule has 0 saturated heterocycles. The van der Waals surface area contributed by atoms with Crippen molar-refractivity contribution in [3.8, 4) is 17.0 Å². The first kappa shape index (κ1) is 19.6. The maximum absolute atomic E-state index is 13.1. The molecule has 3 rings (SSSR count). The molecule has 2 aromatic heterocycles. The van der Waals surface area contributed by atoms with Crippen molar-refractivity contribution in [2.24, 2.45) is 0 Å². The van der Waals surface area contributed by atoms with Gasteiger partial charge in [0.25, 0.3) is 0 Å². The summed E-state index contributed by atoms with van der Waals surface area (Å²) in [5.74, 6) is 0.684. The maximum Gasteiger partial charge on any atom is 0.242 e. The molecule has 0 spiro atoms. The van der Waals surface area contributed by atoms with E-state index in [4.69, 9.17) is 4.74 Å². The third-order valence-electron chi connectivity index (χ3n) is 4.16. The molecule has 0 aliphatic carbocycles. The Morgan fingerprint density at radius 3 is 2.59 bits per heavy atom. The molecule has 8 heteroatoms. The number of hydrogen-bond acceptors (Lipinski definition) is 5. The van der Waals surface area contributed by atoms with Crippen LogP contribution >= 0.6 is 11.3 Å². The number of ether oxygens (including phenoxy) is 1. The zero-order chi connectivity index (χ0) is 19.6. The largest absolute Gasteiger partial charge is 0.494 e. The Balaban J connectivity index is 1.95. The molecule has 2 heterocycles. The van der Waals surface area contributed by atoms with Crippen LogP contribution in [0, 0.1) is 20.8 Å². The average molecular weight is 406 g/mol. The van der Waals surface area contributed by atoms with Crippen molar-refractivity contribution < 1.29 is 13.2 Å². The molecule has 0 atom stereocenters. The Morgan fingerprint density at radius 2 is 1.93 bits per heavy atom. The van der Waals surface area contributed by atoms with E-state index in [9.17, 15) is 8.42 Å². The SMILES string of the molecule is CCOc1ccccc1CNS(=O)(=O)c1c(C)sc(C)c1-c1cc(C)[nH]n1. The number of H-pyrrole nitrogens is 1.